The average molecular weight is 256 g/mol. The Morgan fingerprint density at radius 1 is 1.16 bits per heavy atom. The summed E-state index contributed by atoms with van der Waals surface area (Å²) < 4.78 is 0. The van der Waals surface area contributed by atoms with Crippen LogP contribution in [-0.4, -0.2) is 22.4 Å². The molecule has 0 aromatic heterocycles. The fourth-order valence-corrected chi connectivity index (χ4v) is 0.999. The first-order chi connectivity index (χ1) is 9.20. The van der Waals surface area contributed by atoms with Gasteiger partial charge in [0.25, 0.3) is 0 Å². The summed E-state index contributed by atoms with van der Waals surface area (Å²) in [4.78, 5) is 0. The third kappa shape index (κ3) is 12.2. The first kappa shape index (κ1) is 17.0. The summed E-state index contributed by atoms with van der Waals surface area (Å²) >= 11 is 0. The van der Waals surface area contributed by atoms with Gasteiger partial charge in [0.2, 0.25) is 0 Å². The van der Waals surface area contributed by atoms with Crippen LogP contribution in [0.15, 0.2) is 49.1 Å². The molecule has 0 radical (unpaired) electrons. The SMILES string of the molecule is C=C[C@H](O)C#CC#C/C=C/C[C@@H](O)/C=C/C=C\CC. The zero-order valence-electron chi connectivity index (χ0n) is 11.2. The molecule has 19 heavy (non-hydrogen) atoms. The lowest BCUT2D eigenvalue weighted by molar-refractivity contribution is 0.227. The van der Waals surface area contributed by atoms with Crippen molar-refractivity contribution in [3.63, 3.8) is 0 Å². The van der Waals surface area contributed by atoms with E-state index in [2.05, 4.69) is 37.2 Å². The predicted octanol–water partition coefficient (Wildman–Crippen LogP) is 2.37. The minimum Gasteiger partial charge on any atom is -0.389 e. The maximum atomic E-state index is 9.56. The summed E-state index contributed by atoms with van der Waals surface area (Å²) in [6, 6.07) is 0. The van der Waals surface area contributed by atoms with Crippen molar-refractivity contribution >= 4 is 0 Å². The van der Waals surface area contributed by atoms with Crippen molar-refractivity contribution in [2.75, 3.05) is 0 Å². The van der Waals surface area contributed by atoms with Gasteiger partial charge in [0.15, 0.2) is 0 Å². The molecule has 0 rings (SSSR count). The highest BCUT2D eigenvalue weighted by Gasteiger charge is 1.92. The second kappa shape index (κ2) is 12.5. The zero-order valence-corrected chi connectivity index (χ0v) is 11.2. The molecule has 0 aromatic rings. The minimum absolute atomic E-state index is 0.506. The first-order valence-corrected chi connectivity index (χ1v) is 6.18. The van der Waals surface area contributed by atoms with Gasteiger partial charge in [-0.3, -0.25) is 0 Å². The van der Waals surface area contributed by atoms with Gasteiger partial charge in [0.05, 0.1) is 6.10 Å². The second-order valence-corrected chi connectivity index (χ2v) is 3.65. The van der Waals surface area contributed by atoms with Gasteiger partial charge in [-0.25, -0.2) is 0 Å². The van der Waals surface area contributed by atoms with Crippen molar-refractivity contribution in [2.24, 2.45) is 0 Å². The number of hydrogen-bond acceptors (Lipinski definition) is 2. The summed E-state index contributed by atoms with van der Waals surface area (Å²) in [6.45, 7) is 5.45. The molecule has 0 aliphatic rings. The molecule has 0 saturated carbocycles. The van der Waals surface area contributed by atoms with Gasteiger partial charge >= 0.3 is 0 Å². The van der Waals surface area contributed by atoms with Crippen molar-refractivity contribution < 1.29 is 10.2 Å². The Morgan fingerprint density at radius 3 is 2.63 bits per heavy atom. The van der Waals surface area contributed by atoms with Crippen LogP contribution in [0.1, 0.15) is 19.8 Å². The lowest BCUT2D eigenvalue weighted by Gasteiger charge is -1.97. The maximum absolute atomic E-state index is 9.56. The number of rotatable bonds is 6. The van der Waals surface area contributed by atoms with Gasteiger partial charge in [-0.1, -0.05) is 61.8 Å². The monoisotopic (exact) mass is 256 g/mol. The lowest BCUT2D eigenvalue weighted by Crippen LogP contribution is -1.98. The summed E-state index contributed by atoms with van der Waals surface area (Å²) in [5.41, 5.74) is 0. The first-order valence-electron chi connectivity index (χ1n) is 6.18. The number of aliphatic hydroxyl groups excluding tert-OH is 2. The molecule has 0 aromatic carbocycles. The Balaban J connectivity index is 3.99. The van der Waals surface area contributed by atoms with E-state index in [4.69, 9.17) is 5.11 Å². The van der Waals surface area contributed by atoms with E-state index >= 15 is 0 Å². The molecule has 2 N–H and O–H groups in total. The molecular formula is C17H20O2. The van der Waals surface area contributed by atoms with Crippen LogP contribution < -0.4 is 0 Å². The van der Waals surface area contributed by atoms with E-state index in [1.807, 2.05) is 18.2 Å². The average Bonchev–Trinajstić information content (AvgIpc) is 2.42. The molecule has 0 fully saturated rings. The van der Waals surface area contributed by atoms with Crippen molar-refractivity contribution in [1.82, 2.24) is 0 Å². The molecule has 2 nitrogen and oxygen atoms in total. The van der Waals surface area contributed by atoms with Crippen LogP contribution in [-0.2, 0) is 0 Å². The quantitative estimate of drug-likeness (QED) is 0.435. The predicted molar refractivity (Wildman–Crippen MR) is 80.1 cm³/mol. The van der Waals surface area contributed by atoms with Crippen molar-refractivity contribution in [3.8, 4) is 23.7 Å². The topological polar surface area (TPSA) is 40.5 Å². The molecule has 0 heterocycles. The molecular weight excluding hydrogens is 236 g/mol. The van der Waals surface area contributed by atoms with Gasteiger partial charge in [-0.15, -0.1) is 0 Å². The third-order valence-electron chi connectivity index (χ3n) is 1.97. The van der Waals surface area contributed by atoms with Gasteiger partial charge in [0, 0.05) is 0 Å². The lowest BCUT2D eigenvalue weighted by atomic mass is 10.2. The van der Waals surface area contributed by atoms with Gasteiger partial charge < -0.3 is 10.2 Å². The van der Waals surface area contributed by atoms with Crippen LogP contribution >= 0.6 is 0 Å². The van der Waals surface area contributed by atoms with E-state index in [-0.39, 0.29) is 0 Å². The summed E-state index contributed by atoms with van der Waals surface area (Å²) in [5.74, 6) is 10.3. The Kier molecular flexibility index (Phi) is 11.1. The summed E-state index contributed by atoms with van der Waals surface area (Å²) in [7, 11) is 0. The molecule has 0 spiro atoms. The Bertz CT molecular complexity index is 447. The molecule has 0 unspecified atom stereocenters. The van der Waals surface area contributed by atoms with Crippen LogP contribution in [0.2, 0.25) is 0 Å². The van der Waals surface area contributed by atoms with E-state index in [0.29, 0.717) is 6.42 Å². The fraction of sp³-hybridized carbons (Fsp3) is 0.294. The molecule has 2 atom stereocenters. The van der Waals surface area contributed by atoms with E-state index in [0.717, 1.165) is 6.42 Å². The van der Waals surface area contributed by atoms with E-state index < -0.39 is 12.2 Å². The van der Waals surface area contributed by atoms with Crippen LogP contribution in [0.3, 0.4) is 0 Å². The standard InChI is InChI=1S/C17H20O2/c1-3-5-6-10-14-17(19)15-12-9-7-8-11-13-16(18)4-2/h4-6,9-10,12,14,16-19H,2-3,15H2,1H3/b6-5-,12-9+,14-10+/t16-,17-/m0/s1. The highest BCUT2D eigenvalue weighted by atomic mass is 16.3. The van der Waals surface area contributed by atoms with Crippen molar-refractivity contribution in [3.05, 3.63) is 49.1 Å². The molecule has 0 amide bonds. The summed E-state index contributed by atoms with van der Waals surface area (Å²) in [6.07, 6.45) is 12.4. The van der Waals surface area contributed by atoms with Crippen LogP contribution in [0.25, 0.3) is 0 Å². The molecule has 0 aliphatic heterocycles. The van der Waals surface area contributed by atoms with Gasteiger partial charge in [-0.05, 0) is 30.8 Å². The Labute approximate surface area is 115 Å². The van der Waals surface area contributed by atoms with Crippen LogP contribution in [0.5, 0.6) is 0 Å². The molecule has 100 valence electrons. The Morgan fingerprint density at radius 2 is 1.95 bits per heavy atom. The van der Waals surface area contributed by atoms with Crippen molar-refractivity contribution in [1.29, 1.82) is 0 Å². The number of hydrogen-bond donors (Lipinski definition) is 2. The van der Waals surface area contributed by atoms with E-state index in [1.54, 1.807) is 18.2 Å². The highest BCUT2D eigenvalue weighted by molar-refractivity contribution is 5.32. The second-order valence-electron chi connectivity index (χ2n) is 3.65. The maximum Gasteiger partial charge on any atom is 0.134 e. The Hall–Kier alpha value is -2.00. The van der Waals surface area contributed by atoms with Gasteiger partial charge in [-0.2, -0.15) is 0 Å². The minimum atomic E-state index is -0.832. The van der Waals surface area contributed by atoms with E-state index in [1.165, 1.54) is 6.08 Å². The van der Waals surface area contributed by atoms with Crippen LogP contribution in [0.4, 0.5) is 0 Å². The molecule has 0 bridgehead atoms. The largest absolute Gasteiger partial charge is 0.389 e. The van der Waals surface area contributed by atoms with E-state index in [9.17, 15) is 5.11 Å². The number of aliphatic hydroxyl groups is 2. The highest BCUT2D eigenvalue weighted by Crippen LogP contribution is 1.95. The molecule has 2 heteroatoms. The zero-order chi connectivity index (χ0) is 14.3. The van der Waals surface area contributed by atoms with Crippen LogP contribution in [0, 0.1) is 23.7 Å². The fourth-order valence-electron chi connectivity index (χ4n) is 0.999. The summed E-state index contributed by atoms with van der Waals surface area (Å²) in [5, 5.41) is 18.6. The molecule has 0 aliphatic carbocycles. The van der Waals surface area contributed by atoms with Crippen molar-refractivity contribution in [2.45, 2.75) is 32.0 Å². The molecule has 0 saturated heterocycles. The smallest absolute Gasteiger partial charge is 0.134 e. The third-order valence-corrected chi connectivity index (χ3v) is 1.97. The number of allylic oxidation sites excluding steroid dienone is 4. The normalized spacial score (nSPS) is 13.8. The van der Waals surface area contributed by atoms with Gasteiger partial charge in [0.1, 0.15) is 6.10 Å².